The maximum absolute atomic E-state index is 2.53. The Morgan fingerprint density at radius 1 is 1.09 bits per heavy atom. The van der Waals surface area contributed by atoms with Crippen molar-refractivity contribution in [3.05, 3.63) is 0 Å². The smallest absolute Gasteiger partial charge is 0.0295 e. The zero-order valence-electron chi connectivity index (χ0n) is 7.90. The molecule has 2 aliphatic carbocycles. The van der Waals surface area contributed by atoms with E-state index in [1.54, 1.807) is 0 Å². The highest BCUT2D eigenvalue weighted by molar-refractivity contribution is 4.93. The van der Waals surface area contributed by atoms with Crippen molar-refractivity contribution in [2.45, 2.75) is 52.4 Å². The monoisotopic (exact) mass is 152 g/mol. The third kappa shape index (κ3) is 1.11. The lowest BCUT2D eigenvalue weighted by atomic mass is 9.65. The molecule has 0 heterocycles. The van der Waals surface area contributed by atoms with E-state index in [0.29, 0.717) is 0 Å². The first-order chi connectivity index (χ1) is 5.22. The molecule has 0 aliphatic heterocycles. The fourth-order valence-corrected chi connectivity index (χ4v) is 3.57. The first-order valence-electron chi connectivity index (χ1n) is 5.22. The summed E-state index contributed by atoms with van der Waals surface area (Å²) >= 11 is 0. The third-order valence-corrected chi connectivity index (χ3v) is 4.25. The van der Waals surface area contributed by atoms with Crippen LogP contribution in [0.1, 0.15) is 52.4 Å². The Hall–Kier alpha value is 0. The summed E-state index contributed by atoms with van der Waals surface area (Å²) in [4.78, 5) is 0. The molecular formula is C11H20. The molecule has 1 unspecified atom stereocenters. The largest absolute Gasteiger partial charge is 0.0622 e. The van der Waals surface area contributed by atoms with Crippen molar-refractivity contribution in [1.82, 2.24) is 0 Å². The van der Waals surface area contributed by atoms with Gasteiger partial charge in [0, 0.05) is 0 Å². The molecule has 64 valence electrons. The topological polar surface area (TPSA) is 0 Å². The molecule has 11 heavy (non-hydrogen) atoms. The molecule has 0 aromatic heterocycles. The van der Waals surface area contributed by atoms with E-state index in [9.17, 15) is 0 Å². The normalized spacial score (nSPS) is 50.7. The van der Waals surface area contributed by atoms with Gasteiger partial charge in [0.05, 0.1) is 0 Å². The standard InChI is InChI=1S/C11H20/c1-9-5-3-7-11(2)8-4-6-10(9)11/h9-10H,3-8H2,1-2H3/t9-,10+,11?/m1/s1. The van der Waals surface area contributed by atoms with Gasteiger partial charge in [-0.1, -0.05) is 33.1 Å². The molecule has 0 radical (unpaired) electrons. The number of fused-ring (bicyclic) bond motifs is 1. The predicted octanol–water partition coefficient (Wildman–Crippen LogP) is 3.61. The van der Waals surface area contributed by atoms with Gasteiger partial charge in [-0.3, -0.25) is 0 Å². The zero-order valence-corrected chi connectivity index (χ0v) is 7.90. The van der Waals surface area contributed by atoms with E-state index in [1.165, 1.54) is 38.5 Å². The summed E-state index contributed by atoms with van der Waals surface area (Å²) in [6.45, 7) is 4.99. The van der Waals surface area contributed by atoms with Gasteiger partial charge in [0.1, 0.15) is 0 Å². The summed E-state index contributed by atoms with van der Waals surface area (Å²) in [6.07, 6.45) is 9.06. The number of rotatable bonds is 0. The Morgan fingerprint density at radius 2 is 1.73 bits per heavy atom. The van der Waals surface area contributed by atoms with Gasteiger partial charge in [0.25, 0.3) is 0 Å². The van der Waals surface area contributed by atoms with Gasteiger partial charge >= 0.3 is 0 Å². The van der Waals surface area contributed by atoms with E-state index >= 15 is 0 Å². The third-order valence-electron chi connectivity index (χ3n) is 4.25. The van der Waals surface area contributed by atoms with E-state index in [-0.39, 0.29) is 0 Å². The van der Waals surface area contributed by atoms with E-state index in [1.807, 2.05) is 0 Å². The molecule has 0 aromatic carbocycles. The maximum atomic E-state index is 2.53. The summed E-state index contributed by atoms with van der Waals surface area (Å²) < 4.78 is 0. The summed E-state index contributed by atoms with van der Waals surface area (Å²) in [7, 11) is 0. The molecule has 0 bridgehead atoms. The highest BCUT2D eigenvalue weighted by Crippen LogP contribution is 2.53. The Morgan fingerprint density at radius 3 is 2.36 bits per heavy atom. The van der Waals surface area contributed by atoms with Crippen molar-refractivity contribution in [1.29, 1.82) is 0 Å². The van der Waals surface area contributed by atoms with E-state index in [4.69, 9.17) is 0 Å². The summed E-state index contributed by atoms with van der Waals surface area (Å²) in [5.41, 5.74) is 0.762. The van der Waals surface area contributed by atoms with Crippen LogP contribution in [0.25, 0.3) is 0 Å². The Kier molecular flexibility index (Phi) is 1.74. The van der Waals surface area contributed by atoms with Crippen LogP contribution in [0.2, 0.25) is 0 Å². The van der Waals surface area contributed by atoms with Crippen molar-refractivity contribution in [3.63, 3.8) is 0 Å². The van der Waals surface area contributed by atoms with E-state index < -0.39 is 0 Å². The van der Waals surface area contributed by atoms with Gasteiger partial charge in [-0.2, -0.15) is 0 Å². The minimum atomic E-state index is 0.762. The van der Waals surface area contributed by atoms with Crippen LogP contribution in [0.15, 0.2) is 0 Å². The summed E-state index contributed by atoms with van der Waals surface area (Å²) in [5.74, 6) is 2.10. The maximum Gasteiger partial charge on any atom is -0.0295 e. The molecule has 2 fully saturated rings. The Bertz CT molecular complexity index is 150. The van der Waals surface area contributed by atoms with Gasteiger partial charge in [-0.05, 0) is 36.5 Å². The van der Waals surface area contributed by atoms with Gasteiger partial charge < -0.3 is 0 Å². The number of hydrogen-bond donors (Lipinski definition) is 0. The van der Waals surface area contributed by atoms with Crippen LogP contribution < -0.4 is 0 Å². The van der Waals surface area contributed by atoms with Crippen molar-refractivity contribution in [2.24, 2.45) is 17.3 Å². The SMILES string of the molecule is C[C@@H]1CCCC2(C)CCC[C@@H]12. The van der Waals surface area contributed by atoms with Crippen LogP contribution in [-0.2, 0) is 0 Å². The van der Waals surface area contributed by atoms with Crippen molar-refractivity contribution in [3.8, 4) is 0 Å². The molecule has 0 spiro atoms. The van der Waals surface area contributed by atoms with Crippen molar-refractivity contribution >= 4 is 0 Å². The first-order valence-corrected chi connectivity index (χ1v) is 5.22. The quantitative estimate of drug-likeness (QED) is 0.497. The lowest BCUT2D eigenvalue weighted by Crippen LogP contribution is -2.31. The second-order valence-corrected chi connectivity index (χ2v) is 5.02. The fraction of sp³-hybridized carbons (Fsp3) is 1.00. The highest BCUT2D eigenvalue weighted by atomic mass is 14.5. The molecular weight excluding hydrogens is 132 g/mol. The minimum Gasteiger partial charge on any atom is -0.0622 e. The lowest BCUT2D eigenvalue weighted by Gasteiger charge is -2.40. The molecule has 0 heteroatoms. The van der Waals surface area contributed by atoms with Gasteiger partial charge in [-0.25, -0.2) is 0 Å². The molecule has 3 atom stereocenters. The van der Waals surface area contributed by atoms with E-state index in [2.05, 4.69) is 13.8 Å². The fourth-order valence-electron chi connectivity index (χ4n) is 3.57. The van der Waals surface area contributed by atoms with Crippen LogP contribution in [0.3, 0.4) is 0 Å². The van der Waals surface area contributed by atoms with Crippen molar-refractivity contribution < 1.29 is 0 Å². The second-order valence-electron chi connectivity index (χ2n) is 5.02. The molecule has 0 amide bonds. The molecule has 0 saturated heterocycles. The Balaban J connectivity index is 2.15. The molecule has 0 aromatic rings. The molecule has 2 aliphatic rings. The van der Waals surface area contributed by atoms with Gasteiger partial charge in [-0.15, -0.1) is 0 Å². The molecule has 2 saturated carbocycles. The molecule has 0 N–H and O–H groups in total. The van der Waals surface area contributed by atoms with Crippen LogP contribution in [-0.4, -0.2) is 0 Å². The average Bonchev–Trinajstić information content (AvgIpc) is 2.31. The van der Waals surface area contributed by atoms with Gasteiger partial charge in [0.2, 0.25) is 0 Å². The average molecular weight is 152 g/mol. The number of hydrogen-bond acceptors (Lipinski definition) is 0. The van der Waals surface area contributed by atoms with E-state index in [0.717, 1.165) is 17.3 Å². The molecule has 0 nitrogen and oxygen atoms in total. The molecule has 2 rings (SSSR count). The zero-order chi connectivity index (χ0) is 7.90. The Labute approximate surface area is 70.4 Å². The van der Waals surface area contributed by atoms with Crippen LogP contribution in [0, 0.1) is 17.3 Å². The van der Waals surface area contributed by atoms with Crippen molar-refractivity contribution in [2.75, 3.05) is 0 Å². The predicted molar refractivity (Wildman–Crippen MR) is 48.5 cm³/mol. The first kappa shape index (κ1) is 7.64. The van der Waals surface area contributed by atoms with Crippen LogP contribution in [0.5, 0.6) is 0 Å². The minimum absolute atomic E-state index is 0.762. The summed E-state index contributed by atoms with van der Waals surface area (Å²) in [6, 6.07) is 0. The van der Waals surface area contributed by atoms with Crippen LogP contribution in [0.4, 0.5) is 0 Å². The van der Waals surface area contributed by atoms with Gasteiger partial charge in [0.15, 0.2) is 0 Å². The highest BCUT2D eigenvalue weighted by Gasteiger charge is 2.43. The lowest BCUT2D eigenvalue weighted by molar-refractivity contribution is 0.0992. The second kappa shape index (κ2) is 2.50. The summed E-state index contributed by atoms with van der Waals surface area (Å²) in [5, 5.41) is 0. The van der Waals surface area contributed by atoms with Crippen LogP contribution >= 0.6 is 0 Å².